The molecule has 21 heavy (non-hydrogen) atoms. The van der Waals surface area contributed by atoms with E-state index in [1.54, 1.807) is 0 Å². The van der Waals surface area contributed by atoms with Crippen molar-refractivity contribution in [2.45, 2.75) is 51.1 Å². The second-order valence-corrected chi connectivity index (χ2v) is 6.56. The molecule has 0 aliphatic carbocycles. The number of rotatable bonds is 5. The molecule has 7 heteroatoms. The molecule has 1 fully saturated rings. The lowest BCUT2D eigenvalue weighted by atomic mass is 9.96. The zero-order valence-corrected chi connectivity index (χ0v) is 13.0. The van der Waals surface area contributed by atoms with E-state index in [9.17, 15) is 9.90 Å². The van der Waals surface area contributed by atoms with Gasteiger partial charge in [-0.2, -0.15) is 4.98 Å². The van der Waals surface area contributed by atoms with Crippen molar-refractivity contribution in [2.24, 2.45) is 0 Å². The molecule has 0 radical (unpaired) electrons. The quantitative estimate of drug-likeness (QED) is 0.879. The molecule has 1 N–H and O–H groups in total. The molecule has 1 aliphatic heterocycles. The van der Waals surface area contributed by atoms with Crippen molar-refractivity contribution >= 4 is 5.97 Å². The molecule has 118 valence electrons. The zero-order chi connectivity index (χ0) is 15.7. The molecule has 7 nitrogen and oxygen atoms in total. The van der Waals surface area contributed by atoms with E-state index in [0.29, 0.717) is 31.2 Å². The van der Waals surface area contributed by atoms with Crippen LogP contribution in [0.2, 0.25) is 0 Å². The summed E-state index contributed by atoms with van der Waals surface area (Å²) < 4.78 is 10.4. The Kier molecular flexibility index (Phi) is 4.34. The molecule has 0 spiro atoms. The lowest BCUT2D eigenvalue weighted by Gasteiger charge is -2.32. The first kappa shape index (κ1) is 15.9. The van der Waals surface area contributed by atoms with Crippen LogP contribution in [0.25, 0.3) is 0 Å². The molecule has 1 saturated heterocycles. The number of ether oxygens (including phenoxy) is 1. The number of hydrogen-bond acceptors (Lipinski definition) is 6. The summed E-state index contributed by atoms with van der Waals surface area (Å²) in [7, 11) is 1.52. The summed E-state index contributed by atoms with van der Waals surface area (Å²) in [6.07, 6.45) is 1.38. The number of carbonyl (C=O) groups is 1. The van der Waals surface area contributed by atoms with Crippen molar-refractivity contribution in [1.82, 2.24) is 15.0 Å². The van der Waals surface area contributed by atoms with Crippen LogP contribution >= 0.6 is 0 Å². The fourth-order valence-corrected chi connectivity index (χ4v) is 2.66. The fourth-order valence-electron chi connectivity index (χ4n) is 2.66. The standard InChI is InChI=1S/C14H23N3O4/c1-13(2,3)11-15-10(21-16-11)8-17-7-5-6-14(17,9-20-4)12(18)19/h5-9H2,1-4H3,(H,18,19). The van der Waals surface area contributed by atoms with Crippen molar-refractivity contribution in [3.05, 3.63) is 11.7 Å². The smallest absolute Gasteiger partial charge is 0.326 e. The molecule has 1 aromatic heterocycles. The Morgan fingerprint density at radius 2 is 2.24 bits per heavy atom. The number of aromatic nitrogens is 2. The summed E-state index contributed by atoms with van der Waals surface area (Å²) in [4.78, 5) is 17.9. The average Bonchev–Trinajstić information content (AvgIpc) is 2.98. The number of hydrogen-bond donors (Lipinski definition) is 1. The molecule has 0 aromatic carbocycles. The Hall–Kier alpha value is -1.47. The van der Waals surface area contributed by atoms with Crippen molar-refractivity contribution < 1.29 is 19.2 Å². The zero-order valence-electron chi connectivity index (χ0n) is 13.0. The highest BCUT2D eigenvalue weighted by Crippen LogP contribution is 2.31. The van der Waals surface area contributed by atoms with E-state index in [1.165, 1.54) is 7.11 Å². The van der Waals surface area contributed by atoms with Crippen LogP contribution in [0.5, 0.6) is 0 Å². The highest BCUT2D eigenvalue weighted by Gasteiger charge is 2.48. The van der Waals surface area contributed by atoms with Gasteiger partial charge in [-0.25, -0.2) is 0 Å². The predicted octanol–water partition coefficient (Wildman–Crippen LogP) is 1.43. The van der Waals surface area contributed by atoms with Crippen molar-refractivity contribution in [3.63, 3.8) is 0 Å². The van der Waals surface area contributed by atoms with Crippen LogP contribution in [0.4, 0.5) is 0 Å². The number of aliphatic carboxylic acids is 1. The lowest BCUT2D eigenvalue weighted by Crippen LogP contribution is -2.53. The Morgan fingerprint density at radius 3 is 2.76 bits per heavy atom. The average molecular weight is 297 g/mol. The van der Waals surface area contributed by atoms with Crippen LogP contribution < -0.4 is 0 Å². The minimum absolute atomic E-state index is 0.155. The summed E-state index contributed by atoms with van der Waals surface area (Å²) in [6.45, 7) is 7.18. The van der Waals surface area contributed by atoms with Crippen molar-refractivity contribution in [1.29, 1.82) is 0 Å². The summed E-state index contributed by atoms with van der Waals surface area (Å²) >= 11 is 0. The number of methoxy groups -OCH3 is 1. The Morgan fingerprint density at radius 1 is 1.52 bits per heavy atom. The van der Waals surface area contributed by atoms with Gasteiger partial charge in [-0.3, -0.25) is 9.69 Å². The molecule has 0 bridgehead atoms. The van der Waals surface area contributed by atoms with Gasteiger partial charge in [0.15, 0.2) is 5.82 Å². The topological polar surface area (TPSA) is 88.7 Å². The number of likely N-dealkylation sites (tertiary alicyclic amines) is 1. The first-order chi connectivity index (χ1) is 9.79. The van der Waals surface area contributed by atoms with Gasteiger partial charge in [0.05, 0.1) is 13.2 Å². The summed E-state index contributed by atoms with van der Waals surface area (Å²) in [5.41, 5.74) is -1.19. The number of carboxylic acids is 1. The van der Waals surface area contributed by atoms with Crippen LogP contribution in [0.1, 0.15) is 45.3 Å². The molecular weight excluding hydrogens is 274 g/mol. The monoisotopic (exact) mass is 297 g/mol. The van der Waals surface area contributed by atoms with E-state index in [4.69, 9.17) is 9.26 Å². The highest BCUT2D eigenvalue weighted by atomic mass is 16.5. The minimum atomic E-state index is -0.995. The largest absolute Gasteiger partial charge is 0.480 e. The lowest BCUT2D eigenvalue weighted by molar-refractivity contribution is -0.154. The molecule has 1 atom stereocenters. The molecule has 2 heterocycles. The van der Waals surface area contributed by atoms with Gasteiger partial charge in [0, 0.05) is 12.5 Å². The molecule has 0 amide bonds. The third-order valence-electron chi connectivity index (χ3n) is 3.87. The first-order valence-corrected chi connectivity index (χ1v) is 7.10. The van der Waals surface area contributed by atoms with Gasteiger partial charge in [-0.05, 0) is 19.4 Å². The van der Waals surface area contributed by atoms with Gasteiger partial charge in [0.25, 0.3) is 0 Å². The molecule has 1 aliphatic rings. The normalized spacial score (nSPS) is 23.6. The maximum absolute atomic E-state index is 11.7. The molecule has 0 saturated carbocycles. The third kappa shape index (κ3) is 3.08. The second-order valence-electron chi connectivity index (χ2n) is 6.56. The van der Waals surface area contributed by atoms with Gasteiger partial charge in [0.1, 0.15) is 5.54 Å². The van der Waals surface area contributed by atoms with Crippen molar-refractivity contribution in [2.75, 3.05) is 20.3 Å². The number of carboxylic acid groups (broad SMARTS) is 1. The maximum atomic E-state index is 11.7. The van der Waals surface area contributed by atoms with Crippen LogP contribution in [-0.4, -0.2) is 51.9 Å². The minimum Gasteiger partial charge on any atom is -0.480 e. The Labute approximate surface area is 124 Å². The SMILES string of the molecule is COCC1(C(=O)O)CCCN1Cc1nc(C(C)(C)C)no1. The highest BCUT2D eigenvalue weighted by molar-refractivity contribution is 5.79. The van der Waals surface area contributed by atoms with E-state index >= 15 is 0 Å². The molecule has 1 aromatic rings. The van der Waals surface area contributed by atoms with Gasteiger partial charge >= 0.3 is 5.97 Å². The first-order valence-electron chi connectivity index (χ1n) is 7.10. The van der Waals surface area contributed by atoms with Crippen LogP contribution in [0.15, 0.2) is 4.52 Å². The van der Waals surface area contributed by atoms with Crippen molar-refractivity contribution in [3.8, 4) is 0 Å². The predicted molar refractivity (Wildman–Crippen MR) is 74.9 cm³/mol. The Balaban J connectivity index is 2.17. The molecular formula is C14H23N3O4. The van der Waals surface area contributed by atoms with Crippen LogP contribution in [0.3, 0.4) is 0 Å². The maximum Gasteiger partial charge on any atom is 0.326 e. The van der Waals surface area contributed by atoms with E-state index in [-0.39, 0.29) is 12.0 Å². The van der Waals surface area contributed by atoms with Gasteiger partial charge in [-0.15, -0.1) is 0 Å². The van der Waals surface area contributed by atoms with Crippen LogP contribution in [0, 0.1) is 0 Å². The van der Waals surface area contributed by atoms with E-state index in [1.807, 2.05) is 25.7 Å². The van der Waals surface area contributed by atoms with Crippen LogP contribution in [-0.2, 0) is 21.5 Å². The van der Waals surface area contributed by atoms with Gasteiger partial charge < -0.3 is 14.4 Å². The van der Waals surface area contributed by atoms with E-state index in [2.05, 4.69) is 10.1 Å². The van der Waals surface area contributed by atoms with Gasteiger partial charge in [-0.1, -0.05) is 25.9 Å². The van der Waals surface area contributed by atoms with E-state index < -0.39 is 11.5 Å². The molecule has 2 rings (SSSR count). The summed E-state index contributed by atoms with van der Waals surface area (Å²) in [5, 5.41) is 13.6. The summed E-state index contributed by atoms with van der Waals surface area (Å²) in [6, 6.07) is 0. The van der Waals surface area contributed by atoms with Gasteiger partial charge in [0.2, 0.25) is 5.89 Å². The second kappa shape index (κ2) is 5.73. The van der Waals surface area contributed by atoms with E-state index in [0.717, 1.165) is 6.42 Å². The third-order valence-corrected chi connectivity index (χ3v) is 3.87. The fraction of sp³-hybridized carbons (Fsp3) is 0.786. The summed E-state index contributed by atoms with van der Waals surface area (Å²) in [5.74, 6) is 0.213. The Bertz CT molecular complexity index is 509. The number of nitrogens with zero attached hydrogens (tertiary/aromatic N) is 3. The molecule has 1 unspecified atom stereocenters.